The van der Waals surface area contributed by atoms with Gasteiger partial charge in [-0.3, -0.25) is 0 Å². The smallest absolute Gasteiger partial charge is 0.553 e. The zero-order valence-electron chi connectivity index (χ0n) is 13.8. The van der Waals surface area contributed by atoms with E-state index in [9.17, 15) is 20.5 Å². The van der Waals surface area contributed by atoms with E-state index in [1.54, 1.807) is 41.5 Å². The molecular weight excluding hydrogens is 312 g/mol. The summed E-state index contributed by atoms with van der Waals surface area (Å²) >= 11 is 0.839. The summed E-state index contributed by atoms with van der Waals surface area (Å²) in [7, 11) is 0. The van der Waals surface area contributed by atoms with E-state index < -0.39 is 21.9 Å². The van der Waals surface area contributed by atoms with Crippen LogP contribution in [-0.4, -0.2) is 32.1 Å². The number of hydrogen-bond donors (Lipinski definition) is 1. The number of hydrogen-bond acceptors (Lipinski definition) is 7. The van der Waals surface area contributed by atoms with Crippen LogP contribution in [-0.2, 0) is 0 Å². The van der Waals surface area contributed by atoms with Crippen molar-refractivity contribution in [2.75, 3.05) is 6.26 Å². The zero-order valence-corrected chi connectivity index (χ0v) is 14.6. The molecule has 0 aliphatic rings. The fourth-order valence-electron chi connectivity index (χ4n) is 1.16. The molecule has 1 N–H and O–H groups in total. The van der Waals surface area contributed by atoms with Gasteiger partial charge >= 0.3 is 5.82 Å². The number of hydroxylamine groups is 2. The van der Waals surface area contributed by atoms with E-state index in [1.165, 1.54) is 6.26 Å². The maximum atomic E-state index is 12.2. The highest BCUT2D eigenvalue weighted by atomic mass is 32.2. The van der Waals surface area contributed by atoms with E-state index in [2.05, 4.69) is 10.2 Å². The van der Waals surface area contributed by atoms with Gasteiger partial charge in [0.1, 0.15) is 11.1 Å². The van der Waals surface area contributed by atoms with E-state index in [4.69, 9.17) is 0 Å². The lowest BCUT2D eigenvalue weighted by molar-refractivity contribution is -0.669. The Balaban J connectivity index is 6.21. The summed E-state index contributed by atoms with van der Waals surface area (Å²) in [5.41, 5.74) is 0.284. The molecule has 0 spiro atoms. The first kappa shape index (κ1) is 20.1. The average molecular weight is 334 g/mol. The highest BCUT2D eigenvalue weighted by molar-refractivity contribution is 8.02. The highest BCUT2D eigenvalue weighted by Crippen LogP contribution is 2.20. The van der Waals surface area contributed by atoms with Crippen molar-refractivity contribution in [3.8, 4) is 0 Å². The molecule has 0 heterocycles. The molecule has 0 atom stereocenters. The molecule has 10 nitrogen and oxygen atoms in total. The lowest BCUT2D eigenvalue weighted by Gasteiger charge is -2.12. The second kappa shape index (κ2) is 7.38. The summed E-state index contributed by atoms with van der Waals surface area (Å²) in [6.07, 6.45) is 1.49. The number of nitrogens with zero attached hydrogens (tertiary/aromatic N) is 5. The first-order valence-corrected chi connectivity index (χ1v) is 7.59. The summed E-state index contributed by atoms with van der Waals surface area (Å²) < 4.78 is 0. The molecule has 11 heteroatoms. The average Bonchev–Trinajstić information content (AvgIpc) is 2.21. The lowest BCUT2D eigenvalue weighted by atomic mass is 10.1. The van der Waals surface area contributed by atoms with Crippen LogP contribution in [0.5, 0.6) is 0 Å². The van der Waals surface area contributed by atoms with E-state index >= 15 is 0 Å². The molecule has 0 aromatic rings. The molecular formula is C11H22N6O4S. The van der Waals surface area contributed by atoms with Crippen molar-refractivity contribution < 1.29 is 14.8 Å². The Morgan fingerprint density at radius 3 is 1.55 bits per heavy atom. The van der Waals surface area contributed by atoms with Gasteiger partial charge in [-0.25, -0.2) is 10.1 Å². The lowest BCUT2D eigenvalue weighted by Crippen LogP contribution is -2.28. The summed E-state index contributed by atoms with van der Waals surface area (Å²) in [5, 5.41) is 41.4. The molecule has 0 rings (SSSR count). The van der Waals surface area contributed by atoms with Gasteiger partial charge in [-0.15, -0.1) is 0 Å². The van der Waals surface area contributed by atoms with Crippen LogP contribution in [0.3, 0.4) is 0 Å². The second-order valence-corrected chi connectivity index (χ2v) is 7.13. The summed E-state index contributed by atoms with van der Waals surface area (Å²) in [5.74, 6) is -0.589. The van der Waals surface area contributed by atoms with Crippen LogP contribution in [0, 0.1) is 20.5 Å². The van der Waals surface area contributed by atoms with Crippen molar-refractivity contribution in [1.82, 2.24) is 5.43 Å². The van der Waals surface area contributed by atoms with Gasteiger partial charge in [0, 0.05) is 9.72 Å². The minimum absolute atomic E-state index is 0.0601. The van der Waals surface area contributed by atoms with Gasteiger partial charge < -0.3 is 10.4 Å². The first-order valence-electron chi connectivity index (χ1n) is 6.36. The predicted octanol–water partition coefficient (Wildman–Crippen LogP) is 2.78. The molecule has 0 radical (unpaired) electrons. The minimum Gasteiger partial charge on any atom is -0.590 e. The molecule has 0 aromatic carbocycles. The van der Waals surface area contributed by atoms with Crippen molar-refractivity contribution in [3.05, 3.63) is 31.4 Å². The van der Waals surface area contributed by atoms with Gasteiger partial charge in [-0.05, 0) is 58.0 Å². The third-order valence-electron chi connectivity index (χ3n) is 1.74. The third-order valence-corrected chi connectivity index (χ3v) is 2.43. The Bertz CT molecular complexity index is 484. The SMILES string of the molecule is CSC(N[N+](=O)[O-])=C([N+]([O-])=NC(C)(C)C)[N+]([O-])=NC(C)(C)C. The number of thioether (sulfide) groups is 1. The monoisotopic (exact) mass is 334 g/mol. The van der Waals surface area contributed by atoms with Crippen molar-refractivity contribution in [1.29, 1.82) is 0 Å². The van der Waals surface area contributed by atoms with Crippen LogP contribution >= 0.6 is 11.8 Å². The van der Waals surface area contributed by atoms with Gasteiger partial charge in [0.25, 0.3) is 5.03 Å². The number of hydrazine groups is 1. The topological polar surface area (TPSA) is 132 Å². The van der Waals surface area contributed by atoms with Crippen LogP contribution in [0.25, 0.3) is 0 Å². The quantitative estimate of drug-likeness (QED) is 0.356. The van der Waals surface area contributed by atoms with E-state index in [0.29, 0.717) is 0 Å². The van der Waals surface area contributed by atoms with Crippen molar-refractivity contribution >= 4 is 11.8 Å². The molecule has 0 unspecified atom stereocenters. The van der Waals surface area contributed by atoms with Crippen molar-refractivity contribution in [3.63, 3.8) is 0 Å². The second-order valence-electron chi connectivity index (χ2n) is 6.31. The van der Waals surface area contributed by atoms with Gasteiger partial charge in [0.15, 0.2) is 5.03 Å². The van der Waals surface area contributed by atoms with Gasteiger partial charge in [-0.1, -0.05) is 17.2 Å². The van der Waals surface area contributed by atoms with Gasteiger partial charge in [0.2, 0.25) is 0 Å². The molecule has 0 aliphatic carbocycles. The van der Waals surface area contributed by atoms with Gasteiger partial charge in [0.05, 0.1) is 0 Å². The van der Waals surface area contributed by atoms with E-state index in [1.807, 2.05) is 5.43 Å². The molecule has 0 bridgehead atoms. The third kappa shape index (κ3) is 7.76. The van der Waals surface area contributed by atoms with Crippen molar-refractivity contribution in [2.45, 2.75) is 52.6 Å². The maximum absolute atomic E-state index is 12.2. The molecule has 0 saturated carbocycles. The van der Waals surface area contributed by atoms with Crippen LogP contribution in [0.4, 0.5) is 0 Å². The molecule has 0 aliphatic heterocycles. The molecule has 0 amide bonds. The largest absolute Gasteiger partial charge is 0.590 e. The predicted molar refractivity (Wildman–Crippen MR) is 82.3 cm³/mol. The first-order chi connectivity index (χ1) is 9.76. The molecule has 22 heavy (non-hydrogen) atoms. The van der Waals surface area contributed by atoms with Crippen LogP contribution in [0.15, 0.2) is 21.1 Å². The summed E-state index contributed by atoms with van der Waals surface area (Å²) in [4.78, 5) is 10.8. The molecule has 0 fully saturated rings. The number of nitrogens with one attached hydrogen (secondary N) is 1. The highest BCUT2D eigenvalue weighted by Gasteiger charge is 2.34. The Hall–Kier alpha value is -1.91. The van der Waals surface area contributed by atoms with Gasteiger partial charge in [-0.2, -0.15) is 0 Å². The van der Waals surface area contributed by atoms with Crippen LogP contribution in [0.1, 0.15) is 41.5 Å². The summed E-state index contributed by atoms with van der Waals surface area (Å²) in [6, 6.07) is 0. The number of nitro groups is 1. The fourth-order valence-corrected chi connectivity index (χ4v) is 1.66. The Morgan fingerprint density at radius 2 is 1.32 bits per heavy atom. The summed E-state index contributed by atoms with van der Waals surface area (Å²) in [6.45, 7) is 9.95. The maximum Gasteiger partial charge on any atom is 0.553 e. The normalized spacial score (nSPS) is 13.8. The molecule has 0 aromatic heterocycles. The van der Waals surface area contributed by atoms with Crippen LogP contribution in [0.2, 0.25) is 0 Å². The number of azo groups is 2. The molecule has 126 valence electrons. The zero-order chi connectivity index (χ0) is 17.7. The Kier molecular flexibility index (Phi) is 6.74. The van der Waals surface area contributed by atoms with E-state index in [-0.39, 0.29) is 14.8 Å². The Morgan fingerprint density at radius 1 is 0.955 bits per heavy atom. The standard InChI is InChI=1S/C11H22N6O4S/c1-10(2,3)13-15(18)9(8(22-7)12-17(20)21)16(19)14-11(4,5)6/h12H,1-7H3. The molecule has 0 saturated heterocycles. The van der Waals surface area contributed by atoms with Crippen LogP contribution < -0.4 is 5.43 Å². The number of rotatable bonds is 5. The minimum atomic E-state index is -0.859. The fraction of sp³-hybridized carbons (Fsp3) is 0.818. The van der Waals surface area contributed by atoms with E-state index in [0.717, 1.165) is 11.8 Å². The Labute approximate surface area is 133 Å². The van der Waals surface area contributed by atoms with Crippen molar-refractivity contribution in [2.24, 2.45) is 10.2 Å².